The highest BCUT2D eigenvalue weighted by Gasteiger charge is 2.26. The molecular formula is C11H14Cl3N. The van der Waals surface area contributed by atoms with E-state index in [1.807, 2.05) is 12.1 Å². The molecule has 0 heterocycles. The molecule has 0 aliphatic heterocycles. The Balaban J connectivity index is 0.00000112. The van der Waals surface area contributed by atoms with Gasteiger partial charge in [-0.2, -0.15) is 0 Å². The fourth-order valence-electron chi connectivity index (χ4n) is 1.82. The van der Waals surface area contributed by atoms with Crippen LogP contribution < -0.4 is 5.73 Å². The van der Waals surface area contributed by atoms with E-state index in [2.05, 4.69) is 0 Å². The summed E-state index contributed by atoms with van der Waals surface area (Å²) in [7, 11) is 0. The van der Waals surface area contributed by atoms with E-state index in [-0.39, 0.29) is 18.4 Å². The standard InChI is InChI=1S/C11H13Cl2N.ClH/c12-8-4-5-10(13)9(6-8)11(14)7-2-1-3-7;/h4-7,11H,1-3,14H2;1H/t11-;/m0./s1. The molecule has 0 spiro atoms. The van der Waals surface area contributed by atoms with Crippen molar-refractivity contribution in [2.75, 3.05) is 0 Å². The monoisotopic (exact) mass is 265 g/mol. The average molecular weight is 267 g/mol. The summed E-state index contributed by atoms with van der Waals surface area (Å²) in [6.07, 6.45) is 3.71. The summed E-state index contributed by atoms with van der Waals surface area (Å²) in [4.78, 5) is 0. The number of benzene rings is 1. The zero-order chi connectivity index (χ0) is 10.1. The first kappa shape index (κ1) is 13.1. The van der Waals surface area contributed by atoms with E-state index in [0.29, 0.717) is 10.9 Å². The summed E-state index contributed by atoms with van der Waals surface area (Å²) in [5, 5.41) is 1.44. The molecule has 1 aliphatic carbocycles. The lowest BCUT2D eigenvalue weighted by molar-refractivity contribution is 0.264. The van der Waals surface area contributed by atoms with E-state index < -0.39 is 0 Å². The molecule has 2 rings (SSSR count). The van der Waals surface area contributed by atoms with Gasteiger partial charge in [-0.1, -0.05) is 29.6 Å². The summed E-state index contributed by atoms with van der Waals surface area (Å²) < 4.78 is 0. The smallest absolute Gasteiger partial charge is 0.0454 e. The van der Waals surface area contributed by atoms with Gasteiger partial charge in [-0.05, 0) is 42.5 Å². The topological polar surface area (TPSA) is 26.0 Å². The third-order valence-corrected chi connectivity index (χ3v) is 3.55. The lowest BCUT2D eigenvalue weighted by atomic mass is 9.77. The number of hydrogen-bond donors (Lipinski definition) is 1. The quantitative estimate of drug-likeness (QED) is 0.852. The highest BCUT2D eigenvalue weighted by Crippen LogP contribution is 2.38. The fraction of sp³-hybridized carbons (Fsp3) is 0.455. The summed E-state index contributed by atoms with van der Waals surface area (Å²) in [6, 6.07) is 5.54. The maximum Gasteiger partial charge on any atom is 0.0454 e. The average Bonchev–Trinajstić information content (AvgIpc) is 2.06. The molecule has 0 bridgehead atoms. The third kappa shape index (κ3) is 2.79. The van der Waals surface area contributed by atoms with Gasteiger partial charge in [0.1, 0.15) is 0 Å². The van der Waals surface area contributed by atoms with Crippen LogP contribution in [0.15, 0.2) is 18.2 Å². The number of hydrogen-bond acceptors (Lipinski definition) is 1. The molecule has 0 aromatic heterocycles. The first-order valence-corrected chi connectivity index (χ1v) is 5.64. The number of nitrogens with two attached hydrogens (primary N) is 1. The Morgan fingerprint density at radius 1 is 1.27 bits per heavy atom. The Bertz CT molecular complexity index is 337. The molecule has 1 aromatic rings. The summed E-state index contributed by atoms with van der Waals surface area (Å²) >= 11 is 12.0. The second-order valence-electron chi connectivity index (χ2n) is 3.88. The van der Waals surface area contributed by atoms with Crippen LogP contribution in [0.25, 0.3) is 0 Å². The Morgan fingerprint density at radius 2 is 1.93 bits per heavy atom. The van der Waals surface area contributed by atoms with Gasteiger partial charge in [-0.3, -0.25) is 0 Å². The molecule has 1 atom stereocenters. The van der Waals surface area contributed by atoms with Crippen LogP contribution in [-0.4, -0.2) is 0 Å². The van der Waals surface area contributed by atoms with Gasteiger partial charge in [-0.25, -0.2) is 0 Å². The normalized spacial score (nSPS) is 17.8. The Morgan fingerprint density at radius 3 is 2.47 bits per heavy atom. The molecule has 1 nitrogen and oxygen atoms in total. The molecule has 0 amide bonds. The van der Waals surface area contributed by atoms with Crippen LogP contribution in [0.3, 0.4) is 0 Å². The van der Waals surface area contributed by atoms with Crippen molar-refractivity contribution < 1.29 is 0 Å². The minimum Gasteiger partial charge on any atom is -0.324 e. The predicted molar refractivity (Wildman–Crippen MR) is 68.0 cm³/mol. The summed E-state index contributed by atoms with van der Waals surface area (Å²) in [6.45, 7) is 0. The Kier molecular flexibility index (Phi) is 4.72. The van der Waals surface area contributed by atoms with Gasteiger partial charge < -0.3 is 5.73 Å². The van der Waals surface area contributed by atoms with Crippen LogP contribution in [0.4, 0.5) is 0 Å². The largest absolute Gasteiger partial charge is 0.324 e. The van der Waals surface area contributed by atoms with Gasteiger partial charge >= 0.3 is 0 Å². The fourth-order valence-corrected chi connectivity index (χ4v) is 2.25. The Hall–Kier alpha value is 0.0500. The highest BCUT2D eigenvalue weighted by atomic mass is 35.5. The van der Waals surface area contributed by atoms with Crippen LogP contribution in [0.5, 0.6) is 0 Å². The van der Waals surface area contributed by atoms with Crippen molar-refractivity contribution in [1.82, 2.24) is 0 Å². The first-order valence-electron chi connectivity index (χ1n) is 4.89. The van der Waals surface area contributed by atoms with Crippen molar-refractivity contribution in [1.29, 1.82) is 0 Å². The maximum atomic E-state index is 6.13. The molecule has 1 fully saturated rings. The van der Waals surface area contributed by atoms with E-state index >= 15 is 0 Å². The molecule has 84 valence electrons. The zero-order valence-corrected chi connectivity index (χ0v) is 10.6. The van der Waals surface area contributed by atoms with Gasteiger partial charge in [0.15, 0.2) is 0 Å². The second kappa shape index (κ2) is 5.40. The van der Waals surface area contributed by atoms with Crippen molar-refractivity contribution >= 4 is 35.6 Å². The van der Waals surface area contributed by atoms with E-state index in [1.165, 1.54) is 19.3 Å². The number of rotatable bonds is 2. The molecule has 1 saturated carbocycles. The molecule has 0 saturated heterocycles. The maximum absolute atomic E-state index is 6.13. The Labute approximate surface area is 106 Å². The van der Waals surface area contributed by atoms with Crippen molar-refractivity contribution in [3.63, 3.8) is 0 Å². The molecule has 0 unspecified atom stereocenters. The van der Waals surface area contributed by atoms with Gasteiger partial charge in [0, 0.05) is 16.1 Å². The van der Waals surface area contributed by atoms with Crippen LogP contribution in [0, 0.1) is 5.92 Å². The van der Waals surface area contributed by atoms with Crippen LogP contribution in [0.1, 0.15) is 30.9 Å². The molecule has 1 aromatic carbocycles. The van der Waals surface area contributed by atoms with Crippen LogP contribution >= 0.6 is 35.6 Å². The summed E-state index contributed by atoms with van der Waals surface area (Å²) in [5.41, 5.74) is 7.12. The molecule has 1 aliphatic rings. The molecule has 15 heavy (non-hydrogen) atoms. The number of halogens is 3. The third-order valence-electron chi connectivity index (χ3n) is 2.97. The minimum atomic E-state index is 0. The van der Waals surface area contributed by atoms with E-state index in [1.54, 1.807) is 6.07 Å². The van der Waals surface area contributed by atoms with Gasteiger partial charge in [0.25, 0.3) is 0 Å². The van der Waals surface area contributed by atoms with E-state index in [4.69, 9.17) is 28.9 Å². The molecule has 2 N–H and O–H groups in total. The van der Waals surface area contributed by atoms with Crippen LogP contribution in [-0.2, 0) is 0 Å². The van der Waals surface area contributed by atoms with E-state index in [9.17, 15) is 0 Å². The molecule has 4 heteroatoms. The minimum absolute atomic E-state index is 0. The summed E-state index contributed by atoms with van der Waals surface area (Å²) in [5.74, 6) is 0.589. The predicted octanol–water partition coefficient (Wildman–Crippen LogP) is 4.22. The van der Waals surface area contributed by atoms with E-state index in [0.717, 1.165) is 10.6 Å². The van der Waals surface area contributed by atoms with Gasteiger partial charge in [-0.15, -0.1) is 12.4 Å². The van der Waals surface area contributed by atoms with Crippen molar-refractivity contribution in [3.05, 3.63) is 33.8 Å². The molecular weight excluding hydrogens is 252 g/mol. The lowest BCUT2D eigenvalue weighted by Gasteiger charge is -2.31. The molecule has 0 radical (unpaired) electrons. The SMILES string of the molecule is Cl.N[C@H](c1cc(Cl)ccc1Cl)C1CCC1. The van der Waals surface area contributed by atoms with Gasteiger partial charge in [0.05, 0.1) is 0 Å². The van der Waals surface area contributed by atoms with Crippen LogP contribution in [0.2, 0.25) is 10.0 Å². The highest BCUT2D eigenvalue weighted by molar-refractivity contribution is 6.33. The van der Waals surface area contributed by atoms with Crippen molar-refractivity contribution in [2.45, 2.75) is 25.3 Å². The zero-order valence-electron chi connectivity index (χ0n) is 8.25. The second-order valence-corrected chi connectivity index (χ2v) is 4.73. The van der Waals surface area contributed by atoms with Crippen molar-refractivity contribution in [2.24, 2.45) is 11.7 Å². The lowest BCUT2D eigenvalue weighted by Crippen LogP contribution is -2.27. The van der Waals surface area contributed by atoms with Crippen molar-refractivity contribution in [3.8, 4) is 0 Å². The van der Waals surface area contributed by atoms with Gasteiger partial charge in [0.2, 0.25) is 0 Å². The first-order chi connectivity index (χ1) is 6.68.